The first kappa shape index (κ1) is 7.80. The van der Waals surface area contributed by atoms with Gasteiger partial charge in [-0.05, 0) is 19.3 Å². The Balaban J connectivity index is 2.40. The Morgan fingerprint density at radius 2 is 2.20 bits per heavy atom. The molecule has 0 amide bonds. The van der Waals surface area contributed by atoms with Crippen molar-refractivity contribution in [1.82, 2.24) is 0 Å². The third kappa shape index (κ3) is 1.40. The van der Waals surface area contributed by atoms with Crippen molar-refractivity contribution in [2.45, 2.75) is 32.6 Å². The van der Waals surface area contributed by atoms with E-state index in [-0.39, 0.29) is 5.41 Å². The lowest BCUT2D eigenvalue weighted by atomic mass is 9.69. The van der Waals surface area contributed by atoms with Crippen molar-refractivity contribution >= 4 is 0 Å². The third-order valence-electron chi connectivity index (χ3n) is 2.37. The van der Waals surface area contributed by atoms with Crippen molar-refractivity contribution in [2.24, 2.45) is 5.41 Å². The molecule has 0 saturated heterocycles. The summed E-state index contributed by atoms with van der Waals surface area (Å²) in [6.07, 6.45) is 9.09. The molecule has 58 valence electrons. The van der Waals surface area contributed by atoms with Crippen LogP contribution in [0.25, 0.3) is 0 Å². The van der Waals surface area contributed by atoms with E-state index in [0.717, 1.165) is 6.42 Å². The summed E-state index contributed by atoms with van der Waals surface area (Å²) in [6, 6.07) is 0. The zero-order valence-corrected chi connectivity index (χ0v) is 6.64. The predicted molar refractivity (Wildman–Crippen MR) is 42.8 cm³/mol. The second-order valence-electron chi connectivity index (χ2n) is 3.18. The van der Waals surface area contributed by atoms with Crippen LogP contribution >= 0.6 is 0 Å². The van der Waals surface area contributed by atoms with Crippen LogP contribution in [0.15, 0.2) is 12.2 Å². The molecular formula is C9H16O. The van der Waals surface area contributed by atoms with Gasteiger partial charge in [0.25, 0.3) is 0 Å². The Kier molecular flexibility index (Phi) is 2.50. The lowest BCUT2D eigenvalue weighted by molar-refractivity contribution is 0.0920. The van der Waals surface area contributed by atoms with Crippen molar-refractivity contribution in [3.05, 3.63) is 12.2 Å². The van der Waals surface area contributed by atoms with Crippen LogP contribution in [0.3, 0.4) is 0 Å². The second kappa shape index (κ2) is 3.20. The van der Waals surface area contributed by atoms with E-state index in [1.807, 2.05) is 0 Å². The van der Waals surface area contributed by atoms with Crippen LogP contribution < -0.4 is 0 Å². The SMILES string of the molecule is CC/C=C/C1(CO)CCC1. The fourth-order valence-electron chi connectivity index (χ4n) is 1.38. The van der Waals surface area contributed by atoms with Gasteiger partial charge < -0.3 is 5.11 Å². The molecule has 0 aromatic rings. The second-order valence-corrected chi connectivity index (χ2v) is 3.18. The van der Waals surface area contributed by atoms with E-state index >= 15 is 0 Å². The summed E-state index contributed by atoms with van der Waals surface area (Å²) in [5.74, 6) is 0. The Bertz CT molecular complexity index is 117. The molecule has 1 heteroatoms. The Morgan fingerprint density at radius 3 is 2.50 bits per heavy atom. The molecule has 0 unspecified atom stereocenters. The minimum atomic E-state index is 0.190. The predicted octanol–water partition coefficient (Wildman–Crippen LogP) is 2.12. The normalized spacial score (nSPS) is 23.0. The van der Waals surface area contributed by atoms with Gasteiger partial charge >= 0.3 is 0 Å². The fourth-order valence-corrected chi connectivity index (χ4v) is 1.38. The van der Waals surface area contributed by atoms with Gasteiger partial charge in [-0.2, -0.15) is 0 Å². The highest BCUT2D eigenvalue weighted by molar-refractivity contribution is 5.04. The topological polar surface area (TPSA) is 20.2 Å². The van der Waals surface area contributed by atoms with E-state index in [1.165, 1.54) is 19.3 Å². The molecule has 1 aliphatic rings. The zero-order valence-electron chi connectivity index (χ0n) is 6.64. The van der Waals surface area contributed by atoms with Crippen LogP contribution in [0.5, 0.6) is 0 Å². The van der Waals surface area contributed by atoms with E-state index < -0.39 is 0 Å². The first-order chi connectivity index (χ1) is 4.83. The van der Waals surface area contributed by atoms with Gasteiger partial charge in [0.05, 0.1) is 6.61 Å². The molecule has 1 N–H and O–H groups in total. The van der Waals surface area contributed by atoms with Gasteiger partial charge in [-0.25, -0.2) is 0 Å². The van der Waals surface area contributed by atoms with E-state index in [0.29, 0.717) is 6.61 Å². The summed E-state index contributed by atoms with van der Waals surface area (Å²) in [5, 5.41) is 9.01. The van der Waals surface area contributed by atoms with Gasteiger partial charge in [-0.3, -0.25) is 0 Å². The maximum absolute atomic E-state index is 9.01. The van der Waals surface area contributed by atoms with E-state index in [4.69, 9.17) is 5.11 Å². The van der Waals surface area contributed by atoms with Crippen molar-refractivity contribution in [3.8, 4) is 0 Å². The molecule has 1 nitrogen and oxygen atoms in total. The van der Waals surface area contributed by atoms with Crippen molar-refractivity contribution in [2.75, 3.05) is 6.61 Å². The number of rotatable bonds is 3. The zero-order chi connectivity index (χ0) is 7.45. The molecule has 0 spiro atoms. The lowest BCUT2D eigenvalue weighted by Gasteiger charge is -2.37. The van der Waals surface area contributed by atoms with Crippen molar-refractivity contribution in [3.63, 3.8) is 0 Å². The smallest absolute Gasteiger partial charge is 0.0521 e. The quantitative estimate of drug-likeness (QED) is 0.595. The molecule has 1 aliphatic carbocycles. The molecule has 0 heterocycles. The highest BCUT2D eigenvalue weighted by Crippen LogP contribution is 2.41. The Labute approximate surface area is 62.8 Å². The average Bonchev–Trinajstić information content (AvgIpc) is 1.87. The van der Waals surface area contributed by atoms with Crippen LogP contribution in [0.4, 0.5) is 0 Å². The third-order valence-corrected chi connectivity index (χ3v) is 2.37. The molecule has 1 fully saturated rings. The van der Waals surface area contributed by atoms with Crippen LogP contribution in [-0.4, -0.2) is 11.7 Å². The molecule has 0 aliphatic heterocycles. The first-order valence-electron chi connectivity index (χ1n) is 4.11. The van der Waals surface area contributed by atoms with E-state index in [9.17, 15) is 0 Å². The first-order valence-corrected chi connectivity index (χ1v) is 4.11. The van der Waals surface area contributed by atoms with Gasteiger partial charge in [0, 0.05) is 5.41 Å². The van der Waals surface area contributed by atoms with Gasteiger partial charge in [0.1, 0.15) is 0 Å². The molecule has 0 bridgehead atoms. The lowest BCUT2D eigenvalue weighted by Crippen LogP contribution is -2.30. The van der Waals surface area contributed by atoms with Crippen molar-refractivity contribution in [1.29, 1.82) is 0 Å². The highest BCUT2D eigenvalue weighted by Gasteiger charge is 2.32. The van der Waals surface area contributed by atoms with Gasteiger partial charge in [-0.15, -0.1) is 0 Å². The van der Waals surface area contributed by atoms with Crippen LogP contribution in [-0.2, 0) is 0 Å². The molecule has 0 radical (unpaired) electrons. The number of aliphatic hydroxyl groups is 1. The molecule has 0 atom stereocenters. The molecule has 0 aromatic carbocycles. The monoisotopic (exact) mass is 140 g/mol. The summed E-state index contributed by atoms with van der Waals surface area (Å²) >= 11 is 0. The molecule has 0 aromatic heterocycles. The van der Waals surface area contributed by atoms with Crippen LogP contribution in [0, 0.1) is 5.41 Å². The Hall–Kier alpha value is -0.300. The largest absolute Gasteiger partial charge is 0.395 e. The fraction of sp³-hybridized carbons (Fsp3) is 0.778. The summed E-state index contributed by atoms with van der Waals surface area (Å²) in [7, 11) is 0. The van der Waals surface area contributed by atoms with Gasteiger partial charge in [0.15, 0.2) is 0 Å². The summed E-state index contributed by atoms with van der Waals surface area (Å²) in [4.78, 5) is 0. The standard InChI is InChI=1S/C9H16O/c1-2-3-5-9(8-10)6-4-7-9/h3,5,10H,2,4,6-8H2,1H3/b5-3+. The van der Waals surface area contributed by atoms with Gasteiger partial charge in [0.2, 0.25) is 0 Å². The van der Waals surface area contributed by atoms with Crippen LogP contribution in [0.1, 0.15) is 32.6 Å². The Morgan fingerprint density at radius 1 is 1.50 bits per heavy atom. The van der Waals surface area contributed by atoms with E-state index in [1.54, 1.807) is 0 Å². The number of aliphatic hydroxyl groups excluding tert-OH is 1. The minimum Gasteiger partial charge on any atom is -0.395 e. The molecule has 10 heavy (non-hydrogen) atoms. The minimum absolute atomic E-state index is 0.190. The van der Waals surface area contributed by atoms with Crippen molar-refractivity contribution < 1.29 is 5.11 Å². The molecular weight excluding hydrogens is 124 g/mol. The van der Waals surface area contributed by atoms with E-state index in [2.05, 4.69) is 19.1 Å². The molecule has 1 rings (SSSR count). The van der Waals surface area contributed by atoms with Crippen LogP contribution in [0.2, 0.25) is 0 Å². The van der Waals surface area contributed by atoms with Gasteiger partial charge in [-0.1, -0.05) is 25.5 Å². The number of hydrogen-bond acceptors (Lipinski definition) is 1. The maximum atomic E-state index is 9.01. The summed E-state index contributed by atoms with van der Waals surface area (Å²) in [5.41, 5.74) is 0.190. The molecule has 1 saturated carbocycles. The number of allylic oxidation sites excluding steroid dienone is 1. The summed E-state index contributed by atoms with van der Waals surface area (Å²) in [6.45, 7) is 2.46. The average molecular weight is 140 g/mol. The maximum Gasteiger partial charge on any atom is 0.0521 e. The summed E-state index contributed by atoms with van der Waals surface area (Å²) < 4.78 is 0. The number of hydrogen-bond donors (Lipinski definition) is 1. The highest BCUT2D eigenvalue weighted by atomic mass is 16.3.